The fourth-order valence-corrected chi connectivity index (χ4v) is 2.75. The predicted octanol–water partition coefficient (Wildman–Crippen LogP) is 3.77. The molecule has 1 aromatic carbocycles. The molecule has 1 saturated heterocycles. The van der Waals surface area contributed by atoms with Crippen LogP contribution in [0.15, 0.2) is 18.2 Å². The second-order valence-corrected chi connectivity index (χ2v) is 5.24. The maximum atomic E-state index is 14.3. The summed E-state index contributed by atoms with van der Waals surface area (Å²) in [5.41, 5.74) is -0.654. The molecule has 0 aliphatic carbocycles. The van der Waals surface area contributed by atoms with Crippen molar-refractivity contribution in [3.05, 3.63) is 35.1 Å². The zero-order valence-electron chi connectivity index (χ0n) is 11.7. The summed E-state index contributed by atoms with van der Waals surface area (Å²) in [6.45, 7) is 4.52. The van der Waals surface area contributed by atoms with E-state index in [2.05, 4.69) is 4.90 Å². The number of hydrogen-bond donors (Lipinski definition) is 0. The first-order valence-corrected chi connectivity index (χ1v) is 6.97. The van der Waals surface area contributed by atoms with Crippen molar-refractivity contribution in [2.75, 3.05) is 19.6 Å². The monoisotopic (exact) mass is 303 g/mol. The van der Waals surface area contributed by atoms with E-state index < -0.39 is 23.3 Å². The summed E-state index contributed by atoms with van der Waals surface area (Å²) in [4.78, 5) is 13.5. The lowest BCUT2D eigenvalue weighted by molar-refractivity contribution is -0.0887. The Bertz CT molecular complexity index is 519. The molecule has 0 atom stereocenters. The molecule has 116 valence electrons. The van der Waals surface area contributed by atoms with Crippen LogP contribution in [0.4, 0.5) is 17.6 Å². The van der Waals surface area contributed by atoms with Gasteiger partial charge in [0, 0.05) is 0 Å². The van der Waals surface area contributed by atoms with Crippen molar-refractivity contribution in [2.24, 2.45) is 0 Å². The molecule has 1 aliphatic rings. The molecular formula is C15H17F4NO. The first-order chi connectivity index (χ1) is 9.84. The van der Waals surface area contributed by atoms with E-state index in [0.29, 0.717) is 12.8 Å². The first-order valence-electron chi connectivity index (χ1n) is 6.97. The molecule has 0 spiro atoms. The summed E-state index contributed by atoms with van der Waals surface area (Å²) >= 11 is 0. The highest BCUT2D eigenvalue weighted by Crippen LogP contribution is 2.32. The maximum Gasteiger partial charge on any atom is 0.454 e. The van der Waals surface area contributed by atoms with E-state index in [1.54, 1.807) is 0 Å². The molecule has 2 nitrogen and oxygen atoms in total. The van der Waals surface area contributed by atoms with Gasteiger partial charge in [-0.3, -0.25) is 4.79 Å². The Hall–Kier alpha value is -1.43. The molecule has 0 saturated carbocycles. The third-order valence-electron chi connectivity index (χ3n) is 4.01. The molecule has 1 aliphatic heterocycles. The molecule has 0 amide bonds. The lowest BCUT2D eigenvalue weighted by Crippen LogP contribution is -2.33. The highest BCUT2D eigenvalue weighted by Gasteiger charge is 2.41. The molecule has 1 aromatic rings. The number of carbonyl (C=O) groups is 1. The molecule has 21 heavy (non-hydrogen) atoms. The van der Waals surface area contributed by atoms with Crippen LogP contribution in [0.5, 0.6) is 0 Å². The van der Waals surface area contributed by atoms with Gasteiger partial charge in [0.2, 0.25) is 0 Å². The van der Waals surface area contributed by atoms with Crippen molar-refractivity contribution in [1.82, 2.24) is 4.90 Å². The lowest BCUT2D eigenvalue weighted by atomic mass is 9.87. The van der Waals surface area contributed by atoms with Gasteiger partial charge < -0.3 is 4.90 Å². The standard InChI is InChI=1S/C15H17F4NO/c1-2-20-8-6-10(7-9-20)11-4-3-5-12(13(11)16)14(21)15(17,18)19/h3-5,10H,2,6-9H2,1H3. The summed E-state index contributed by atoms with van der Waals surface area (Å²) in [7, 11) is 0. The van der Waals surface area contributed by atoms with Gasteiger partial charge in [-0.05, 0) is 50.0 Å². The predicted molar refractivity (Wildman–Crippen MR) is 70.9 cm³/mol. The number of piperidine rings is 1. The second kappa shape index (κ2) is 6.13. The Morgan fingerprint density at radius 2 is 1.90 bits per heavy atom. The van der Waals surface area contributed by atoms with E-state index in [0.717, 1.165) is 25.7 Å². The van der Waals surface area contributed by atoms with Crippen molar-refractivity contribution in [2.45, 2.75) is 31.9 Å². The Morgan fingerprint density at radius 1 is 1.29 bits per heavy atom. The van der Waals surface area contributed by atoms with Crippen LogP contribution in [0.2, 0.25) is 0 Å². The van der Waals surface area contributed by atoms with Gasteiger partial charge in [0.1, 0.15) is 5.82 Å². The number of hydrogen-bond acceptors (Lipinski definition) is 2. The molecule has 1 heterocycles. The highest BCUT2D eigenvalue weighted by atomic mass is 19.4. The summed E-state index contributed by atoms with van der Waals surface area (Å²) < 4.78 is 51.7. The largest absolute Gasteiger partial charge is 0.454 e. The molecule has 0 bridgehead atoms. The van der Waals surface area contributed by atoms with E-state index in [1.807, 2.05) is 6.92 Å². The number of halogens is 4. The van der Waals surface area contributed by atoms with Crippen LogP contribution in [-0.4, -0.2) is 36.5 Å². The third kappa shape index (κ3) is 3.43. The smallest absolute Gasteiger partial charge is 0.304 e. The van der Waals surface area contributed by atoms with E-state index >= 15 is 0 Å². The van der Waals surface area contributed by atoms with E-state index in [-0.39, 0.29) is 11.5 Å². The van der Waals surface area contributed by atoms with Crippen molar-refractivity contribution < 1.29 is 22.4 Å². The van der Waals surface area contributed by atoms with Gasteiger partial charge in [0.25, 0.3) is 5.78 Å². The Morgan fingerprint density at radius 3 is 2.43 bits per heavy atom. The second-order valence-electron chi connectivity index (χ2n) is 5.24. The van der Waals surface area contributed by atoms with Crippen molar-refractivity contribution in [3.63, 3.8) is 0 Å². The average Bonchev–Trinajstić information content (AvgIpc) is 2.46. The van der Waals surface area contributed by atoms with Crippen LogP contribution in [-0.2, 0) is 0 Å². The van der Waals surface area contributed by atoms with Gasteiger partial charge in [-0.1, -0.05) is 19.1 Å². The van der Waals surface area contributed by atoms with Gasteiger partial charge in [0.15, 0.2) is 0 Å². The third-order valence-corrected chi connectivity index (χ3v) is 4.01. The summed E-state index contributed by atoms with van der Waals surface area (Å²) in [5.74, 6) is -3.27. The summed E-state index contributed by atoms with van der Waals surface area (Å²) in [6.07, 6.45) is -3.67. The van der Waals surface area contributed by atoms with Gasteiger partial charge >= 0.3 is 6.18 Å². The van der Waals surface area contributed by atoms with Crippen molar-refractivity contribution in [1.29, 1.82) is 0 Å². The van der Waals surface area contributed by atoms with E-state index in [1.165, 1.54) is 12.1 Å². The molecule has 2 rings (SSSR count). The van der Waals surface area contributed by atoms with Gasteiger partial charge in [-0.2, -0.15) is 13.2 Å². The number of nitrogens with zero attached hydrogens (tertiary/aromatic N) is 1. The van der Waals surface area contributed by atoms with Crippen LogP contribution in [0.25, 0.3) is 0 Å². The maximum absolute atomic E-state index is 14.3. The Balaban J connectivity index is 2.25. The molecule has 0 N–H and O–H groups in total. The molecule has 0 radical (unpaired) electrons. The number of rotatable bonds is 3. The Labute approximate surface area is 120 Å². The first kappa shape index (κ1) is 15.9. The average molecular weight is 303 g/mol. The normalized spacial score (nSPS) is 18.0. The van der Waals surface area contributed by atoms with Gasteiger partial charge in [-0.25, -0.2) is 4.39 Å². The molecule has 1 fully saturated rings. The topological polar surface area (TPSA) is 20.3 Å². The van der Waals surface area contributed by atoms with Crippen molar-refractivity contribution in [3.8, 4) is 0 Å². The van der Waals surface area contributed by atoms with Gasteiger partial charge in [0.05, 0.1) is 5.56 Å². The fourth-order valence-electron chi connectivity index (χ4n) is 2.75. The van der Waals surface area contributed by atoms with Crippen molar-refractivity contribution >= 4 is 5.78 Å². The van der Waals surface area contributed by atoms with Crippen LogP contribution < -0.4 is 0 Å². The number of benzene rings is 1. The number of Topliss-reactive ketones (excluding diaryl/α,β-unsaturated/α-hetero) is 1. The number of carbonyl (C=O) groups excluding carboxylic acids is 1. The van der Waals surface area contributed by atoms with E-state index in [9.17, 15) is 22.4 Å². The lowest BCUT2D eigenvalue weighted by Gasteiger charge is -2.31. The molecular weight excluding hydrogens is 286 g/mol. The SMILES string of the molecule is CCN1CCC(c2cccc(C(=O)C(F)(F)F)c2F)CC1. The highest BCUT2D eigenvalue weighted by molar-refractivity contribution is 6.00. The van der Waals surface area contributed by atoms with Crippen LogP contribution in [0, 0.1) is 5.82 Å². The minimum absolute atomic E-state index is 0.131. The van der Waals surface area contributed by atoms with E-state index in [4.69, 9.17) is 0 Å². The quantitative estimate of drug-likeness (QED) is 0.626. The van der Waals surface area contributed by atoms with Crippen LogP contribution >= 0.6 is 0 Å². The number of ketones is 1. The summed E-state index contributed by atoms with van der Waals surface area (Å²) in [6, 6.07) is 3.70. The Kier molecular flexibility index (Phi) is 4.66. The molecule has 0 aromatic heterocycles. The number of alkyl halides is 3. The van der Waals surface area contributed by atoms with Crippen LogP contribution in [0.3, 0.4) is 0 Å². The van der Waals surface area contributed by atoms with Gasteiger partial charge in [-0.15, -0.1) is 0 Å². The summed E-state index contributed by atoms with van der Waals surface area (Å²) in [5, 5.41) is 0. The molecule has 0 unspecified atom stereocenters. The number of likely N-dealkylation sites (tertiary alicyclic amines) is 1. The minimum Gasteiger partial charge on any atom is -0.304 e. The fraction of sp³-hybridized carbons (Fsp3) is 0.533. The zero-order valence-corrected chi connectivity index (χ0v) is 11.7. The van der Waals surface area contributed by atoms with Crippen LogP contribution in [0.1, 0.15) is 41.6 Å². The molecule has 6 heteroatoms. The zero-order chi connectivity index (χ0) is 15.6. The minimum atomic E-state index is -5.05.